The molecule has 2 N–H and O–H groups in total. The van der Waals surface area contributed by atoms with Gasteiger partial charge in [-0.25, -0.2) is 4.79 Å². The van der Waals surface area contributed by atoms with Crippen molar-refractivity contribution in [2.24, 2.45) is 5.92 Å². The maximum atomic E-state index is 12.1. The van der Waals surface area contributed by atoms with Crippen molar-refractivity contribution in [1.82, 2.24) is 14.5 Å². The average molecular weight is 275 g/mol. The fraction of sp³-hybridized carbons (Fsp3) is 0.533. The molecule has 108 valence electrons. The first-order valence-electron chi connectivity index (χ1n) is 7.31. The second kappa shape index (κ2) is 5.32. The fourth-order valence-corrected chi connectivity index (χ4v) is 3.08. The van der Waals surface area contributed by atoms with E-state index in [4.69, 9.17) is 0 Å². The molecule has 0 saturated carbocycles. The van der Waals surface area contributed by atoms with Crippen molar-refractivity contribution in [1.29, 1.82) is 0 Å². The van der Waals surface area contributed by atoms with Gasteiger partial charge in [0.15, 0.2) is 0 Å². The number of hydrogen-bond acceptors (Lipinski definition) is 3. The Balaban J connectivity index is 1.81. The van der Waals surface area contributed by atoms with Crippen LogP contribution in [-0.4, -0.2) is 39.2 Å². The topological polar surface area (TPSA) is 61.3 Å². The van der Waals surface area contributed by atoms with Crippen molar-refractivity contribution < 1.29 is 5.11 Å². The first-order valence-corrected chi connectivity index (χ1v) is 7.31. The second-order valence-corrected chi connectivity index (χ2v) is 5.62. The summed E-state index contributed by atoms with van der Waals surface area (Å²) in [7, 11) is 0. The standard InChI is InChI=1S/C15H21N3O2/c1-2-17-7-5-11(6-8-17)10-18-14-4-3-12(19)9-13(14)16-15(18)20/h3-4,9,11,19H,2,5-8,10H2,1H3,(H,16,20). The zero-order valence-electron chi connectivity index (χ0n) is 11.8. The Labute approximate surface area is 117 Å². The summed E-state index contributed by atoms with van der Waals surface area (Å²) in [5.74, 6) is 0.741. The van der Waals surface area contributed by atoms with E-state index in [9.17, 15) is 9.90 Å². The molecule has 5 nitrogen and oxygen atoms in total. The number of imidazole rings is 1. The predicted molar refractivity (Wildman–Crippen MR) is 79.1 cm³/mol. The molecular formula is C15H21N3O2. The lowest BCUT2D eigenvalue weighted by molar-refractivity contribution is 0.181. The van der Waals surface area contributed by atoms with E-state index in [0.29, 0.717) is 11.4 Å². The number of H-pyrrole nitrogens is 1. The minimum Gasteiger partial charge on any atom is -0.508 e. The zero-order chi connectivity index (χ0) is 14.1. The number of likely N-dealkylation sites (tertiary alicyclic amines) is 1. The van der Waals surface area contributed by atoms with E-state index in [-0.39, 0.29) is 11.4 Å². The number of rotatable bonds is 3. The normalized spacial score (nSPS) is 17.9. The van der Waals surface area contributed by atoms with Crippen LogP contribution in [0.2, 0.25) is 0 Å². The molecule has 2 heterocycles. The summed E-state index contributed by atoms with van der Waals surface area (Å²) in [6, 6.07) is 5.04. The lowest BCUT2D eigenvalue weighted by atomic mass is 9.97. The number of phenolic OH excluding ortho intramolecular Hbond substituents is 1. The quantitative estimate of drug-likeness (QED) is 0.897. The van der Waals surface area contributed by atoms with Crippen LogP contribution < -0.4 is 5.69 Å². The second-order valence-electron chi connectivity index (χ2n) is 5.62. The van der Waals surface area contributed by atoms with Crippen LogP contribution in [-0.2, 0) is 6.54 Å². The molecule has 1 saturated heterocycles. The van der Waals surface area contributed by atoms with Gasteiger partial charge in [0.2, 0.25) is 0 Å². The number of phenols is 1. The molecule has 0 unspecified atom stereocenters. The Bertz CT molecular complexity index is 651. The molecule has 0 radical (unpaired) electrons. The van der Waals surface area contributed by atoms with Gasteiger partial charge < -0.3 is 15.0 Å². The summed E-state index contributed by atoms with van der Waals surface area (Å²) in [5, 5.41) is 9.47. The van der Waals surface area contributed by atoms with Crippen LogP contribution in [0.15, 0.2) is 23.0 Å². The molecule has 0 atom stereocenters. The van der Waals surface area contributed by atoms with Crippen molar-refractivity contribution in [2.45, 2.75) is 26.3 Å². The van der Waals surface area contributed by atoms with E-state index in [1.807, 2.05) is 6.07 Å². The number of piperidine rings is 1. The minimum absolute atomic E-state index is 0.0801. The molecular weight excluding hydrogens is 254 g/mol. The molecule has 1 aliphatic rings. The van der Waals surface area contributed by atoms with Crippen molar-refractivity contribution >= 4 is 11.0 Å². The number of aromatic nitrogens is 2. The number of aromatic hydroxyl groups is 1. The van der Waals surface area contributed by atoms with E-state index >= 15 is 0 Å². The monoisotopic (exact) mass is 275 g/mol. The number of fused-ring (bicyclic) bond motifs is 1. The van der Waals surface area contributed by atoms with E-state index < -0.39 is 0 Å². The molecule has 1 aromatic carbocycles. The Morgan fingerprint density at radius 3 is 2.80 bits per heavy atom. The van der Waals surface area contributed by atoms with Crippen LogP contribution in [0.5, 0.6) is 5.75 Å². The summed E-state index contributed by atoms with van der Waals surface area (Å²) in [6.45, 7) is 6.31. The highest BCUT2D eigenvalue weighted by molar-refractivity contribution is 5.76. The summed E-state index contributed by atoms with van der Waals surface area (Å²) in [5.41, 5.74) is 1.51. The van der Waals surface area contributed by atoms with Crippen LogP contribution in [0, 0.1) is 5.92 Å². The highest BCUT2D eigenvalue weighted by Crippen LogP contribution is 2.22. The largest absolute Gasteiger partial charge is 0.508 e. The van der Waals surface area contributed by atoms with Gasteiger partial charge in [-0.3, -0.25) is 4.57 Å². The molecule has 0 amide bonds. The lowest BCUT2D eigenvalue weighted by Gasteiger charge is -2.31. The number of hydrogen-bond donors (Lipinski definition) is 2. The van der Waals surface area contributed by atoms with E-state index in [1.165, 1.54) is 0 Å². The van der Waals surface area contributed by atoms with Gasteiger partial charge in [-0.2, -0.15) is 0 Å². The van der Waals surface area contributed by atoms with E-state index in [2.05, 4.69) is 16.8 Å². The van der Waals surface area contributed by atoms with Crippen LogP contribution in [0.1, 0.15) is 19.8 Å². The molecule has 20 heavy (non-hydrogen) atoms. The Morgan fingerprint density at radius 2 is 2.10 bits per heavy atom. The number of aromatic amines is 1. The number of nitrogens with one attached hydrogen (secondary N) is 1. The molecule has 1 fully saturated rings. The third-order valence-corrected chi connectivity index (χ3v) is 4.35. The SMILES string of the molecule is CCN1CCC(Cn2c(=O)[nH]c3cc(O)ccc32)CC1. The summed E-state index contributed by atoms with van der Waals surface area (Å²) < 4.78 is 1.81. The number of nitrogens with zero attached hydrogens (tertiary/aromatic N) is 2. The van der Waals surface area contributed by atoms with Crippen LogP contribution in [0.3, 0.4) is 0 Å². The Kier molecular flexibility index (Phi) is 3.53. The molecule has 1 aromatic heterocycles. The molecule has 5 heteroatoms. The molecule has 1 aliphatic heterocycles. The maximum absolute atomic E-state index is 12.1. The van der Waals surface area contributed by atoms with Crippen molar-refractivity contribution in [2.75, 3.05) is 19.6 Å². The highest BCUT2D eigenvalue weighted by Gasteiger charge is 2.20. The molecule has 0 spiro atoms. The minimum atomic E-state index is -0.0801. The van der Waals surface area contributed by atoms with Crippen molar-refractivity contribution in [3.8, 4) is 5.75 Å². The van der Waals surface area contributed by atoms with Crippen LogP contribution in [0.25, 0.3) is 11.0 Å². The first kappa shape index (κ1) is 13.2. The first-order chi connectivity index (χ1) is 9.67. The summed E-state index contributed by atoms with van der Waals surface area (Å²) in [4.78, 5) is 17.3. The zero-order valence-corrected chi connectivity index (χ0v) is 11.8. The van der Waals surface area contributed by atoms with Gasteiger partial charge in [-0.05, 0) is 50.5 Å². The molecule has 3 rings (SSSR count). The van der Waals surface area contributed by atoms with Gasteiger partial charge in [0.05, 0.1) is 11.0 Å². The molecule has 0 aliphatic carbocycles. The van der Waals surface area contributed by atoms with Gasteiger partial charge in [-0.15, -0.1) is 0 Å². The third-order valence-electron chi connectivity index (χ3n) is 4.35. The maximum Gasteiger partial charge on any atom is 0.326 e. The van der Waals surface area contributed by atoms with Crippen molar-refractivity contribution in [3.63, 3.8) is 0 Å². The van der Waals surface area contributed by atoms with Gasteiger partial charge in [0.25, 0.3) is 0 Å². The van der Waals surface area contributed by atoms with Crippen LogP contribution >= 0.6 is 0 Å². The number of benzene rings is 1. The van der Waals surface area contributed by atoms with Gasteiger partial charge in [0.1, 0.15) is 5.75 Å². The lowest BCUT2D eigenvalue weighted by Crippen LogP contribution is -2.35. The predicted octanol–water partition coefficient (Wildman–Crippen LogP) is 1.77. The molecule has 2 aromatic rings. The third kappa shape index (κ3) is 2.45. The van der Waals surface area contributed by atoms with Crippen molar-refractivity contribution in [3.05, 3.63) is 28.7 Å². The smallest absolute Gasteiger partial charge is 0.326 e. The van der Waals surface area contributed by atoms with Crippen LogP contribution in [0.4, 0.5) is 0 Å². The average Bonchev–Trinajstić information content (AvgIpc) is 2.75. The summed E-state index contributed by atoms with van der Waals surface area (Å²) in [6.07, 6.45) is 2.29. The Hall–Kier alpha value is -1.75. The van der Waals surface area contributed by atoms with E-state index in [0.717, 1.165) is 44.5 Å². The molecule has 0 bridgehead atoms. The Morgan fingerprint density at radius 1 is 1.35 bits per heavy atom. The highest BCUT2D eigenvalue weighted by atomic mass is 16.3. The van der Waals surface area contributed by atoms with Gasteiger partial charge in [-0.1, -0.05) is 6.92 Å². The fourth-order valence-electron chi connectivity index (χ4n) is 3.08. The van der Waals surface area contributed by atoms with Gasteiger partial charge in [0, 0.05) is 12.6 Å². The van der Waals surface area contributed by atoms with Gasteiger partial charge >= 0.3 is 5.69 Å². The summed E-state index contributed by atoms with van der Waals surface area (Å²) >= 11 is 0. The van der Waals surface area contributed by atoms with E-state index in [1.54, 1.807) is 16.7 Å².